The minimum atomic E-state index is -3.72. The molecule has 2 heterocycles. The molecule has 0 bridgehead atoms. The van der Waals surface area contributed by atoms with Gasteiger partial charge in [-0.3, -0.25) is 4.79 Å². The Bertz CT molecular complexity index is 588. The van der Waals surface area contributed by atoms with Crippen LogP contribution in [0.4, 0.5) is 0 Å². The fraction of sp³-hybridized carbons (Fsp3) is 0.636. The number of rotatable bonds is 3. The molecule has 1 aliphatic rings. The Morgan fingerprint density at radius 1 is 1.53 bits per heavy atom. The van der Waals surface area contributed by atoms with Gasteiger partial charge in [0.15, 0.2) is 5.03 Å². The van der Waals surface area contributed by atoms with Crippen LogP contribution >= 0.6 is 0 Å². The molecule has 0 radical (unpaired) electrons. The number of aliphatic carboxylic acids is 1. The average molecular weight is 287 g/mol. The molecular weight excluding hydrogens is 270 g/mol. The highest BCUT2D eigenvalue weighted by Crippen LogP contribution is 2.29. The number of nitrogens with zero attached hydrogens (tertiary/aromatic N) is 3. The van der Waals surface area contributed by atoms with Crippen LogP contribution in [-0.4, -0.2) is 45.9 Å². The van der Waals surface area contributed by atoms with Crippen molar-refractivity contribution in [2.45, 2.75) is 31.3 Å². The number of carboxylic acids is 1. The van der Waals surface area contributed by atoms with Gasteiger partial charge < -0.3 is 9.67 Å². The summed E-state index contributed by atoms with van der Waals surface area (Å²) in [6, 6.07) is -0.551. The lowest BCUT2D eigenvalue weighted by Gasteiger charge is -2.21. The number of sulfonamides is 1. The van der Waals surface area contributed by atoms with E-state index in [-0.39, 0.29) is 11.6 Å². The predicted molar refractivity (Wildman–Crippen MR) is 67.0 cm³/mol. The van der Waals surface area contributed by atoms with Gasteiger partial charge in [-0.25, -0.2) is 13.4 Å². The molecular formula is C11H17N3O4S. The second-order valence-electron chi connectivity index (χ2n) is 4.83. The van der Waals surface area contributed by atoms with Gasteiger partial charge in [0.2, 0.25) is 0 Å². The number of hydrogen-bond donors (Lipinski definition) is 1. The van der Waals surface area contributed by atoms with E-state index < -0.39 is 28.0 Å². The number of carbonyl (C=O) groups is 1. The van der Waals surface area contributed by atoms with Crippen molar-refractivity contribution < 1.29 is 18.3 Å². The maximum Gasteiger partial charge on any atom is 0.308 e. The van der Waals surface area contributed by atoms with Crippen LogP contribution in [-0.2, 0) is 21.9 Å². The highest BCUT2D eigenvalue weighted by molar-refractivity contribution is 7.89. The third-order valence-corrected chi connectivity index (χ3v) is 5.53. The summed E-state index contributed by atoms with van der Waals surface area (Å²) in [5.41, 5.74) is 0. The number of imidazole rings is 1. The monoisotopic (exact) mass is 287 g/mol. The molecule has 2 rings (SSSR count). The van der Waals surface area contributed by atoms with E-state index >= 15 is 0 Å². The molecule has 0 amide bonds. The van der Waals surface area contributed by atoms with Crippen LogP contribution in [0, 0.1) is 12.8 Å². The average Bonchev–Trinajstić information content (AvgIpc) is 2.84. The first-order valence-corrected chi connectivity index (χ1v) is 7.43. The van der Waals surface area contributed by atoms with E-state index in [4.69, 9.17) is 5.11 Å². The molecule has 1 N–H and O–H groups in total. The smallest absolute Gasteiger partial charge is 0.308 e. The molecule has 8 heteroatoms. The normalized spacial score (nSPS) is 24.8. The van der Waals surface area contributed by atoms with Crippen molar-refractivity contribution in [3.05, 3.63) is 12.0 Å². The lowest BCUT2D eigenvalue weighted by Crippen LogP contribution is -2.37. The van der Waals surface area contributed by atoms with E-state index in [1.807, 2.05) is 0 Å². The zero-order valence-electron chi connectivity index (χ0n) is 11.1. The fourth-order valence-corrected chi connectivity index (χ4v) is 4.06. The van der Waals surface area contributed by atoms with Gasteiger partial charge in [-0.1, -0.05) is 0 Å². The molecule has 19 heavy (non-hydrogen) atoms. The summed E-state index contributed by atoms with van der Waals surface area (Å²) in [7, 11) is -2.00. The second-order valence-corrected chi connectivity index (χ2v) is 6.66. The maximum absolute atomic E-state index is 12.4. The summed E-state index contributed by atoms with van der Waals surface area (Å²) in [6.07, 6.45) is 1.78. The van der Waals surface area contributed by atoms with Gasteiger partial charge in [-0.05, 0) is 20.3 Å². The number of aryl methyl sites for hydroxylation is 2. The topological polar surface area (TPSA) is 92.5 Å². The number of hydrogen-bond acceptors (Lipinski definition) is 4. The van der Waals surface area contributed by atoms with E-state index in [1.54, 1.807) is 25.5 Å². The van der Waals surface area contributed by atoms with E-state index in [1.165, 1.54) is 10.5 Å². The Kier molecular flexibility index (Phi) is 3.40. The van der Waals surface area contributed by atoms with Gasteiger partial charge in [0.1, 0.15) is 5.82 Å². The Balaban J connectivity index is 2.34. The summed E-state index contributed by atoms with van der Waals surface area (Å²) >= 11 is 0. The Morgan fingerprint density at radius 3 is 2.58 bits per heavy atom. The number of carboxylic acid groups (broad SMARTS) is 1. The minimum Gasteiger partial charge on any atom is -0.481 e. The van der Waals surface area contributed by atoms with Gasteiger partial charge >= 0.3 is 5.97 Å². The van der Waals surface area contributed by atoms with Crippen LogP contribution in [0.15, 0.2) is 11.2 Å². The van der Waals surface area contributed by atoms with E-state index in [2.05, 4.69) is 4.98 Å². The summed E-state index contributed by atoms with van der Waals surface area (Å²) in [5, 5.41) is 9.02. The molecule has 7 nitrogen and oxygen atoms in total. The molecule has 0 aliphatic carbocycles. The molecule has 0 aromatic carbocycles. The highest BCUT2D eigenvalue weighted by Gasteiger charge is 2.43. The molecule has 1 aromatic rings. The lowest BCUT2D eigenvalue weighted by molar-refractivity contribution is -0.142. The molecule has 1 aromatic heterocycles. The molecule has 0 saturated carbocycles. The van der Waals surface area contributed by atoms with Gasteiger partial charge in [0.25, 0.3) is 10.0 Å². The SMILES string of the molecule is Cc1nc(S(=O)(=O)N2CCC(C(=O)O)C2C)cn1C. The molecule has 2 unspecified atom stereocenters. The minimum absolute atomic E-state index is 0.0228. The van der Waals surface area contributed by atoms with Crippen LogP contribution in [0.5, 0.6) is 0 Å². The maximum atomic E-state index is 12.4. The fourth-order valence-electron chi connectivity index (χ4n) is 2.35. The lowest BCUT2D eigenvalue weighted by atomic mass is 10.0. The van der Waals surface area contributed by atoms with Crippen LogP contribution in [0.1, 0.15) is 19.2 Å². The summed E-state index contributed by atoms with van der Waals surface area (Å²) in [4.78, 5) is 15.1. The van der Waals surface area contributed by atoms with Gasteiger partial charge in [0, 0.05) is 25.8 Å². The largest absolute Gasteiger partial charge is 0.481 e. The Hall–Kier alpha value is -1.41. The molecule has 0 spiro atoms. The zero-order chi connectivity index (χ0) is 14.4. The Labute approximate surface area is 111 Å². The van der Waals surface area contributed by atoms with Crippen LogP contribution in [0.2, 0.25) is 0 Å². The third-order valence-electron chi connectivity index (χ3n) is 3.67. The molecule has 1 fully saturated rings. The first-order chi connectivity index (χ1) is 8.75. The highest BCUT2D eigenvalue weighted by atomic mass is 32.2. The van der Waals surface area contributed by atoms with Crippen LogP contribution in [0.3, 0.4) is 0 Å². The molecule has 2 atom stereocenters. The van der Waals surface area contributed by atoms with Crippen LogP contribution < -0.4 is 0 Å². The van der Waals surface area contributed by atoms with Crippen molar-refractivity contribution in [3.8, 4) is 0 Å². The van der Waals surface area contributed by atoms with Gasteiger partial charge in [-0.2, -0.15) is 4.31 Å². The van der Waals surface area contributed by atoms with E-state index in [0.29, 0.717) is 12.2 Å². The summed E-state index contributed by atoms with van der Waals surface area (Å²) in [5.74, 6) is -1.01. The van der Waals surface area contributed by atoms with E-state index in [0.717, 1.165) is 0 Å². The molecule has 1 aliphatic heterocycles. The van der Waals surface area contributed by atoms with E-state index in [9.17, 15) is 13.2 Å². The van der Waals surface area contributed by atoms with Gasteiger partial charge in [0.05, 0.1) is 5.92 Å². The van der Waals surface area contributed by atoms with Crippen molar-refractivity contribution in [1.29, 1.82) is 0 Å². The van der Waals surface area contributed by atoms with Crippen molar-refractivity contribution in [3.63, 3.8) is 0 Å². The third kappa shape index (κ3) is 2.25. The summed E-state index contributed by atoms with van der Waals surface area (Å²) in [6.45, 7) is 3.56. The first kappa shape index (κ1) is 14.0. The van der Waals surface area contributed by atoms with Crippen LogP contribution in [0.25, 0.3) is 0 Å². The first-order valence-electron chi connectivity index (χ1n) is 5.99. The standard InChI is InChI=1S/C11H17N3O4S/c1-7-9(11(15)16)4-5-14(7)19(17,18)10-6-13(3)8(2)12-10/h6-7,9H,4-5H2,1-3H3,(H,15,16). The quantitative estimate of drug-likeness (QED) is 0.858. The van der Waals surface area contributed by atoms with Crippen molar-refractivity contribution >= 4 is 16.0 Å². The second kappa shape index (κ2) is 4.61. The van der Waals surface area contributed by atoms with Crippen molar-refractivity contribution in [1.82, 2.24) is 13.9 Å². The predicted octanol–water partition coefficient (Wildman–Crippen LogP) is 0.212. The van der Waals surface area contributed by atoms with Gasteiger partial charge in [-0.15, -0.1) is 0 Å². The van der Waals surface area contributed by atoms with Crippen molar-refractivity contribution in [2.24, 2.45) is 13.0 Å². The Morgan fingerprint density at radius 2 is 2.16 bits per heavy atom. The molecule has 1 saturated heterocycles. The zero-order valence-corrected chi connectivity index (χ0v) is 11.9. The summed E-state index contributed by atoms with van der Waals surface area (Å²) < 4.78 is 27.7. The number of aromatic nitrogens is 2. The molecule has 106 valence electrons. The van der Waals surface area contributed by atoms with Crippen molar-refractivity contribution in [2.75, 3.05) is 6.54 Å².